The van der Waals surface area contributed by atoms with Gasteiger partial charge in [0.15, 0.2) is 0 Å². The van der Waals surface area contributed by atoms with Crippen molar-refractivity contribution in [2.45, 2.75) is 11.8 Å². The van der Waals surface area contributed by atoms with Gasteiger partial charge in [-0.1, -0.05) is 18.2 Å². The fourth-order valence-corrected chi connectivity index (χ4v) is 3.06. The second kappa shape index (κ2) is 6.99. The van der Waals surface area contributed by atoms with E-state index in [2.05, 4.69) is 27.9 Å². The summed E-state index contributed by atoms with van der Waals surface area (Å²) in [5, 5.41) is 2.92. The number of carbonyl (C=O) groups excluding carboxylic acids is 1. The molecule has 0 aromatic heterocycles. The zero-order valence-corrected chi connectivity index (χ0v) is 14.0. The van der Waals surface area contributed by atoms with E-state index in [0.29, 0.717) is 5.75 Å². The van der Waals surface area contributed by atoms with Crippen molar-refractivity contribution in [3.63, 3.8) is 0 Å². The largest absolute Gasteiger partial charge is 0.399 e. The number of aryl methyl sites for hydroxylation is 1. The zero-order valence-electron chi connectivity index (χ0n) is 11.0. The number of halogens is 1. The highest BCUT2D eigenvalue weighted by atomic mass is 127. The predicted molar refractivity (Wildman–Crippen MR) is 94.1 cm³/mol. The van der Waals surface area contributed by atoms with Crippen LogP contribution in [0.25, 0.3) is 0 Å². The number of nitrogen functional groups attached to an aromatic ring is 1. The fourth-order valence-electron chi connectivity index (χ4n) is 1.66. The average molecular weight is 398 g/mol. The van der Waals surface area contributed by atoms with Gasteiger partial charge in [0.05, 0.1) is 11.4 Å². The standard InChI is InChI=1S/C15H15IN2OS/c1-10-6-7-11(17)8-14(10)20-9-15(19)18-13-5-3-2-4-12(13)16/h2-8H,9,17H2,1H3,(H,18,19). The number of nitrogens with two attached hydrogens (primary N) is 1. The van der Waals surface area contributed by atoms with Crippen molar-refractivity contribution >= 4 is 51.6 Å². The predicted octanol–water partition coefficient (Wildman–Crippen LogP) is 3.91. The van der Waals surface area contributed by atoms with Crippen LogP contribution in [0.4, 0.5) is 11.4 Å². The van der Waals surface area contributed by atoms with E-state index in [1.807, 2.05) is 49.4 Å². The molecule has 0 spiro atoms. The first kappa shape index (κ1) is 15.2. The van der Waals surface area contributed by atoms with E-state index in [4.69, 9.17) is 5.73 Å². The Morgan fingerprint density at radius 3 is 2.80 bits per heavy atom. The highest BCUT2D eigenvalue weighted by molar-refractivity contribution is 14.1. The number of nitrogens with one attached hydrogen (secondary N) is 1. The van der Waals surface area contributed by atoms with Crippen LogP contribution in [0.1, 0.15) is 5.56 Å². The average Bonchev–Trinajstić information content (AvgIpc) is 2.42. The van der Waals surface area contributed by atoms with E-state index in [1.165, 1.54) is 11.8 Å². The molecule has 1 amide bonds. The molecule has 0 bridgehead atoms. The van der Waals surface area contributed by atoms with E-state index < -0.39 is 0 Å². The first-order valence-electron chi connectivity index (χ1n) is 6.09. The molecular formula is C15H15IN2OS. The van der Waals surface area contributed by atoms with Crippen molar-refractivity contribution in [2.24, 2.45) is 0 Å². The SMILES string of the molecule is Cc1ccc(N)cc1SCC(=O)Nc1ccccc1I. The molecule has 0 saturated heterocycles. The van der Waals surface area contributed by atoms with Gasteiger partial charge in [0.1, 0.15) is 0 Å². The Labute approximate surface area is 136 Å². The van der Waals surface area contributed by atoms with Crippen LogP contribution in [0.5, 0.6) is 0 Å². The lowest BCUT2D eigenvalue weighted by atomic mass is 10.2. The third-order valence-corrected chi connectivity index (χ3v) is 4.82. The minimum atomic E-state index is -0.0130. The minimum absolute atomic E-state index is 0.0130. The Balaban J connectivity index is 1.96. The lowest BCUT2D eigenvalue weighted by Crippen LogP contribution is -2.14. The molecule has 0 aliphatic carbocycles. The molecule has 0 atom stereocenters. The minimum Gasteiger partial charge on any atom is -0.399 e. The topological polar surface area (TPSA) is 55.1 Å². The van der Waals surface area contributed by atoms with Gasteiger partial charge in [0.2, 0.25) is 5.91 Å². The van der Waals surface area contributed by atoms with E-state index in [9.17, 15) is 4.79 Å². The van der Waals surface area contributed by atoms with E-state index in [1.54, 1.807) is 0 Å². The number of para-hydroxylation sites is 1. The summed E-state index contributed by atoms with van der Waals surface area (Å²) in [6.45, 7) is 2.01. The van der Waals surface area contributed by atoms with E-state index in [0.717, 1.165) is 25.4 Å². The van der Waals surface area contributed by atoms with Crippen molar-refractivity contribution in [3.05, 3.63) is 51.6 Å². The molecule has 0 radical (unpaired) electrons. The summed E-state index contributed by atoms with van der Waals surface area (Å²) in [4.78, 5) is 13.0. The molecule has 3 N–H and O–H groups in total. The molecule has 5 heteroatoms. The highest BCUT2D eigenvalue weighted by Gasteiger charge is 2.07. The van der Waals surface area contributed by atoms with Gasteiger partial charge in [0, 0.05) is 14.2 Å². The molecule has 0 saturated carbocycles. The zero-order chi connectivity index (χ0) is 14.5. The molecule has 3 nitrogen and oxygen atoms in total. The van der Waals surface area contributed by atoms with Gasteiger partial charge in [-0.15, -0.1) is 11.8 Å². The second-order valence-corrected chi connectivity index (χ2v) is 6.52. The summed E-state index contributed by atoms with van der Waals surface area (Å²) >= 11 is 3.71. The maximum atomic E-state index is 12.0. The Morgan fingerprint density at radius 2 is 2.05 bits per heavy atom. The number of carbonyl (C=O) groups is 1. The molecule has 2 rings (SSSR count). The van der Waals surface area contributed by atoms with Gasteiger partial charge in [-0.3, -0.25) is 4.79 Å². The molecule has 104 valence electrons. The Hall–Kier alpha value is -1.21. The quantitative estimate of drug-likeness (QED) is 0.467. The third-order valence-electron chi connectivity index (χ3n) is 2.72. The van der Waals surface area contributed by atoms with Crippen molar-refractivity contribution in [1.82, 2.24) is 0 Å². The normalized spacial score (nSPS) is 10.3. The van der Waals surface area contributed by atoms with Gasteiger partial charge >= 0.3 is 0 Å². The number of rotatable bonds is 4. The van der Waals surface area contributed by atoms with Crippen LogP contribution in [0.3, 0.4) is 0 Å². The summed E-state index contributed by atoms with van der Waals surface area (Å²) in [6.07, 6.45) is 0. The second-order valence-electron chi connectivity index (χ2n) is 4.34. The third kappa shape index (κ3) is 4.14. The number of hydrogen-bond donors (Lipinski definition) is 2. The van der Waals surface area contributed by atoms with Crippen LogP contribution >= 0.6 is 34.4 Å². The first-order valence-corrected chi connectivity index (χ1v) is 8.16. The highest BCUT2D eigenvalue weighted by Crippen LogP contribution is 2.25. The smallest absolute Gasteiger partial charge is 0.234 e. The first-order chi connectivity index (χ1) is 9.56. The van der Waals surface area contributed by atoms with Crippen LogP contribution in [-0.2, 0) is 4.79 Å². The summed E-state index contributed by atoms with van der Waals surface area (Å²) < 4.78 is 1.03. The van der Waals surface area contributed by atoms with Crippen LogP contribution in [0.2, 0.25) is 0 Å². The lowest BCUT2D eigenvalue weighted by Gasteiger charge is -2.08. The molecule has 0 aliphatic rings. The number of benzene rings is 2. The van der Waals surface area contributed by atoms with Crippen molar-refractivity contribution < 1.29 is 4.79 Å². The molecule has 0 heterocycles. The maximum absolute atomic E-state index is 12.0. The van der Waals surface area contributed by atoms with Gasteiger partial charge in [-0.2, -0.15) is 0 Å². The maximum Gasteiger partial charge on any atom is 0.234 e. The van der Waals surface area contributed by atoms with Crippen molar-refractivity contribution in [3.8, 4) is 0 Å². The molecule has 0 unspecified atom stereocenters. The van der Waals surface area contributed by atoms with Crippen LogP contribution < -0.4 is 11.1 Å². The molecule has 2 aromatic rings. The van der Waals surface area contributed by atoms with Gasteiger partial charge in [-0.05, 0) is 59.3 Å². The van der Waals surface area contributed by atoms with Crippen LogP contribution in [0, 0.1) is 10.5 Å². The Kier molecular flexibility index (Phi) is 5.31. The summed E-state index contributed by atoms with van der Waals surface area (Å²) in [5.41, 5.74) is 8.46. The summed E-state index contributed by atoms with van der Waals surface area (Å²) in [6, 6.07) is 13.5. The van der Waals surface area contributed by atoms with Gasteiger partial charge in [0.25, 0.3) is 0 Å². The fraction of sp³-hybridized carbons (Fsp3) is 0.133. The summed E-state index contributed by atoms with van der Waals surface area (Å²) in [5.74, 6) is 0.357. The molecular weight excluding hydrogens is 383 g/mol. The van der Waals surface area contributed by atoms with Crippen molar-refractivity contribution in [2.75, 3.05) is 16.8 Å². The molecule has 0 fully saturated rings. The number of hydrogen-bond acceptors (Lipinski definition) is 3. The van der Waals surface area contributed by atoms with E-state index in [-0.39, 0.29) is 5.91 Å². The molecule has 2 aromatic carbocycles. The van der Waals surface area contributed by atoms with Gasteiger partial charge in [-0.25, -0.2) is 0 Å². The Bertz CT molecular complexity index is 631. The number of thioether (sulfide) groups is 1. The van der Waals surface area contributed by atoms with Crippen LogP contribution in [-0.4, -0.2) is 11.7 Å². The monoisotopic (exact) mass is 398 g/mol. The van der Waals surface area contributed by atoms with Gasteiger partial charge < -0.3 is 11.1 Å². The lowest BCUT2D eigenvalue weighted by molar-refractivity contribution is -0.113. The Morgan fingerprint density at radius 1 is 1.30 bits per heavy atom. The molecule has 20 heavy (non-hydrogen) atoms. The van der Waals surface area contributed by atoms with E-state index >= 15 is 0 Å². The summed E-state index contributed by atoms with van der Waals surface area (Å²) in [7, 11) is 0. The molecule has 0 aliphatic heterocycles. The number of anilines is 2. The number of amides is 1. The van der Waals surface area contributed by atoms with Crippen LogP contribution in [0.15, 0.2) is 47.4 Å². The van der Waals surface area contributed by atoms with Crippen molar-refractivity contribution in [1.29, 1.82) is 0 Å².